The standard InChI is InChI=1S/C52H36N4O/c1-3-14-33(15-4-1)50-42-20-7-10-23-44(42)53-52(54-50)56-45-29-28-34(38-21-13-22-41-40-19-9-12-25-49(40)57-51(38)41)30-35(45)26-27-36-31-48-43(32-47(36)56)39-18-8-11-24-46(39)55(48)37-16-5-2-6-17-37/h1-6,8-32,41,44,51H,7H2. The molecule has 7 aromatic rings. The largest absolute Gasteiger partial charge is 0.484 e. The van der Waals surface area contributed by atoms with Gasteiger partial charge in [0.1, 0.15) is 11.9 Å². The zero-order valence-corrected chi connectivity index (χ0v) is 31.0. The number of aliphatic imine (C=N–C) groups is 2. The second-order valence-electron chi connectivity index (χ2n) is 15.2. The van der Waals surface area contributed by atoms with E-state index in [2.05, 4.69) is 198 Å². The van der Waals surface area contributed by atoms with Crippen LogP contribution in [0.4, 0.5) is 11.4 Å². The highest BCUT2D eigenvalue weighted by molar-refractivity contribution is 6.24. The molecule has 3 atom stereocenters. The highest BCUT2D eigenvalue weighted by Gasteiger charge is 2.37. The van der Waals surface area contributed by atoms with E-state index < -0.39 is 0 Å². The van der Waals surface area contributed by atoms with Crippen molar-refractivity contribution in [3.05, 3.63) is 209 Å². The quantitative estimate of drug-likeness (QED) is 0.170. The van der Waals surface area contributed by atoms with Crippen molar-refractivity contribution < 1.29 is 4.74 Å². The number of nitrogens with zero attached hydrogens (tertiary/aromatic N) is 4. The number of rotatable bonds is 3. The van der Waals surface area contributed by atoms with Crippen LogP contribution in [0.5, 0.6) is 5.75 Å². The van der Waals surface area contributed by atoms with Crippen molar-refractivity contribution in [3.8, 4) is 11.4 Å². The van der Waals surface area contributed by atoms with E-state index in [9.17, 15) is 0 Å². The van der Waals surface area contributed by atoms with Crippen molar-refractivity contribution in [2.75, 3.05) is 4.90 Å². The van der Waals surface area contributed by atoms with Crippen molar-refractivity contribution in [1.29, 1.82) is 0 Å². The van der Waals surface area contributed by atoms with Crippen molar-refractivity contribution in [1.82, 2.24) is 4.57 Å². The van der Waals surface area contributed by atoms with Gasteiger partial charge in [0.15, 0.2) is 0 Å². The Labute approximate surface area is 330 Å². The SMILES string of the molecule is C1=CC2c3ccccc3OC2C(c2ccc3c(c2)C=Cc2cc4c(cc2N3C2=NC3C=CCC=C3C(c3ccccc3)=N2)c2ccccc2n4-c2ccccc2)=C1. The summed E-state index contributed by atoms with van der Waals surface area (Å²) in [7, 11) is 0. The van der Waals surface area contributed by atoms with Crippen LogP contribution in [0.15, 0.2) is 192 Å². The Morgan fingerprint density at radius 1 is 0.632 bits per heavy atom. The second kappa shape index (κ2) is 12.7. The minimum atomic E-state index is -0.134. The number of benzene rings is 6. The van der Waals surface area contributed by atoms with Gasteiger partial charge in [-0.3, -0.25) is 4.90 Å². The third kappa shape index (κ3) is 5.02. The van der Waals surface area contributed by atoms with Gasteiger partial charge in [0.05, 0.1) is 34.2 Å². The molecule has 3 unspecified atom stereocenters. The molecule has 0 N–H and O–H groups in total. The molecule has 5 nitrogen and oxygen atoms in total. The van der Waals surface area contributed by atoms with E-state index >= 15 is 0 Å². The van der Waals surface area contributed by atoms with Crippen LogP contribution in [0.2, 0.25) is 0 Å². The molecule has 3 aliphatic heterocycles. The molecular formula is C52H36N4O. The van der Waals surface area contributed by atoms with Crippen LogP contribution in [0, 0.1) is 0 Å². The van der Waals surface area contributed by atoms with E-state index in [1.807, 2.05) is 0 Å². The van der Waals surface area contributed by atoms with Crippen molar-refractivity contribution in [2.45, 2.75) is 24.5 Å². The van der Waals surface area contributed by atoms with Gasteiger partial charge in [-0.1, -0.05) is 140 Å². The Kier molecular flexibility index (Phi) is 7.11. The minimum Gasteiger partial charge on any atom is -0.484 e. The number of hydrogen-bond donors (Lipinski definition) is 0. The minimum absolute atomic E-state index is 0.0791. The summed E-state index contributed by atoms with van der Waals surface area (Å²) >= 11 is 0. The normalized spacial score (nSPS) is 20.0. The summed E-state index contributed by atoms with van der Waals surface area (Å²) in [6.07, 6.45) is 18.7. The predicted octanol–water partition coefficient (Wildman–Crippen LogP) is 12.0. The monoisotopic (exact) mass is 732 g/mol. The maximum absolute atomic E-state index is 6.64. The van der Waals surface area contributed by atoms with Gasteiger partial charge in [0.2, 0.25) is 5.96 Å². The summed E-state index contributed by atoms with van der Waals surface area (Å²) in [5.74, 6) is 1.82. The smallest absolute Gasteiger partial charge is 0.231 e. The number of anilines is 2. The molecule has 6 aromatic carbocycles. The van der Waals surface area contributed by atoms with E-state index in [1.54, 1.807) is 0 Å². The summed E-state index contributed by atoms with van der Waals surface area (Å²) in [5, 5.41) is 2.38. The fourth-order valence-corrected chi connectivity index (χ4v) is 9.36. The molecule has 0 saturated carbocycles. The molecule has 57 heavy (non-hydrogen) atoms. The average molecular weight is 733 g/mol. The van der Waals surface area contributed by atoms with E-state index in [1.165, 1.54) is 27.4 Å². The summed E-state index contributed by atoms with van der Waals surface area (Å²) in [6.45, 7) is 0. The molecule has 5 aliphatic rings. The van der Waals surface area contributed by atoms with Crippen LogP contribution >= 0.6 is 0 Å². The number of para-hydroxylation sites is 3. The fraction of sp³-hybridized carbons (Fsp3) is 0.0769. The summed E-state index contributed by atoms with van der Waals surface area (Å²) < 4.78 is 9.02. The van der Waals surface area contributed by atoms with Crippen molar-refractivity contribution in [2.24, 2.45) is 9.98 Å². The molecule has 0 fully saturated rings. The summed E-state index contributed by atoms with van der Waals surface area (Å²) in [6, 6.07) is 49.7. The van der Waals surface area contributed by atoms with Gasteiger partial charge in [-0.25, -0.2) is 9.98 Å². The van der Waals surface area contributed by atoms with E-state index in [0.717, 1.165) is 68.3 Å². The lowest BCUT2D eigenvalue weighted by atomic mass is 9.84. The molecule has 1 aromatic heterocycles. The lowest BCUT2D eigenvalue weighted by Crippen LogP contribution is -2.33. The van der Waals surface area contributed by atoms with Crippen LogP contribution in [0.3, 0.4) is 0 Å². The van der Waals surface area contributed by atoms with Gasteiger partial charge in [-0.15, -0.1) is 0 Å². The highest BCUT2D eigenvalue weighted by Crippen LogP contribution is 2.48. The number of fused-ring (bicyclic) bond motifs is 9. The lowest BCUT2D eigenvalue weighted by Gasteiger charge is -2.32. The van der Waals surface area contributed by atoms with Gasteiger partial charge < -0.3 is 9.30 Å². The van der Waals surface area contributed by atoms with E-state index in [4.69, 9.17) is 14.7 Å². The number of guanidine groups is 1. The Morgan fingerprint density at radius 3 is 2.32 bits per heavy atom. The molecular weight excluding hydrogens is 697 g/mol. The first kappa shape index (κ1) is 32.0. The first-order valence-corrected chi connectivity index (χ1v) is 19.7. The zero-order chi connectivity index (χ0) is 37.5. The molecule has 5 heteroatoms. The second-order valence-corrected chi connectivity index (χ2v) is 15.2. The number of hydrogen-bond acceptors (Lipinski definition) is 4. The molecule has 0 saturated heterocycles. The lowest BCUT2D eigenvalue weighted by molar-refractivity contribution is 0.278. The van der Waals surface area contributed by atoms with Gasteiger partial charge in [0, 0.05) is 50.2 Å². The van der Waals surface area contributed by atoms with E-state index in [0.29, 0.717) is 5.96 Å². The third-order valence-electron chi connectivity index (χ3n) is 12.0. The van der Waals surface area contributed by atoms with Crippen LogP contribution in [0.1, 0.15) is 40.2 Å². The first-order chi connectivity index (χ1) is 28.3. The summed E-state index contributed by atoms with van der Waals surface area (Å²) in [4.78, 5) is 13.2. The molecule has 270 valence electrons. The topological polar surface area (TPSA) is 42.1 Å². The van der Waals surface area contributed by atoms with Gasteiger partial charge in [0.25, 0.3) is 0 Å². The average Bonchev–Trinajstić information content (AvgIpc) is 3.76. The number of ether oxygens (including phenoxy) is 1. The molecule has 12 rings (SSSR count). The van der Waals surface area contributed by atoms with Gasteiger partial charge >= 0.3 is 0 Å². The van der Waals surface area contributed by atoms with Crippen LogP contribution in [0.25, 0.3) is 45.2 Å². The molecule has 0 bridgehead atoms. The van der Waals surface area contributed by atoms with Crippen LogP contribution in [-0.4, -0.2) is 28.4 Å². The van der Waals surface area contributed by atoms with Crippen molar-refractivity contribution in [3.63, 3.8) is 0 Å². The molecule has 0 radical (unpaired) electrons. The Bertz CT molecular complexity index is 3030. The first-order valence-electron chi connectivity index (χ1n) is 19.7. The zero-order valence-electron chi connectivity index (χ0n) is 31.0. The van der Waals surface area contributed by atoms with Crippen LogP contribution in [-0.2, 0) is 0 Å². The van der Waals surface area contributed by atoms with Gasteiger partial charge in [-0.05, 0) is 66.1 Å². The molecule has 2 aliphatic carbocycles. The third-order valence-corrected chi connectivity index (χ3v) is 12.0. The number of allylic oxidation sites excluding steroid dienone is 4. The Balaban J connectivity index is 1.08. The van der Waals surface area contributed by atoms with Crippen molar-refractivity contribution >= 4 is 62.6 Å². The van der Waals surface area contributed by atoms with Crippen LogP contribution < -0.4 is 9.64 Å². The summed E-state index contributed by atoms with van der Waals surface area (Å²) in [5.41, 5.74) is 14.5. The van der Waals surface area contributed by atoms with E-state index in [-0.39, 0.29) is 18.1 Å². The Hall–Kier alpha value is -7.24. The highest BCUT2D eigenvalue weighted by atomic mass is 16.5. The maximum atomic E-state index is 6.64. The molecule has 0 amide bonds. The number of aromatic nitrogens is 1. The Morgan fingerprint density at radius 2 is 1.42 bits per heavy atom. The predicted molar refractivity (Wildman–Crippen MR) is 235 cm³/mol. The maximum Gasteiger partial charge on any atom is 0.231 e. The molecule has 4 heterocycles. The molecule has 0 spiro atoms. The van der Waals surface area contributed by atoms with Gasteiger partial charge in [-0.2, -0.15) is 0 Å². The fourth-order valence-electron chi connectivity index (χ4n) is 9.36.